The Morgan fingerprint density at radius 3 is 2.40 bits per heavy atom. The maximum Gasteiger partial charge on any atom is 0.411 e. The minimum atomic E-state index is -4.21. The summed E-state index contributed by atoms with van der Waals surface area (Å²) in [5, 5.41) is 3.09. The Morgan fingerprint density at radius 1 is 1.40 bits per heavy atom. The zero-order valence-corrected chi connectivity index (χ0v) is 9.33. The zero-order valence-electron chi connectivity index (χ0n) is 8.51. The van der Waals surface area contributed by atoms with Gasteiger partial charge in [0.1, 0.15) is 6.61 Å². The summed E-state index contributed by atoms with van der Waals surface area (Å²) in [6.45, 7) is 1.35. The topological polar surface area (TPSA) is 24.5 Å². The molecule has 1 fully saturated rings. The van der Waals surface area contributed by atoms with Crippen LogP contribution in [-0.4, -0.2) is 57.0 Å². The Bertz CT molecular complexity index is 176. The summed E-state index contributed by atoms with van der Waals surface area (Å²) in [4.78, 5) is 2.01. The van der Waals surface area contributed by atoms with Gasteiger partial charge in [-0.25, -0.2) is 0 Å². The van der Waals surface area contributed by atoms with Crippen molar-refractivity contribution in [2.24, 2.45) is 0 Å². The molecule has 1 saturated heterocycles. The standard InChI is InChI=1S/C8H15F3N2O.ClH/c1-13(7-4-12-5-7)2-3-14-6-8(9,10)11;/h7,12H,2-6H2,1H3;1H. The molecule has 92 valence electrons. The van der Waals surface area contributed by atoms with Gasteiger partial charge in [-0.3, -0.25) is 4.90 Å². The van der Waals surface area contributed by atoms with E-state index in [-0.39, 0.29) is 19.0 Å². The average Bonchev–Trinajstić information content (AvgIpc) is 1.92. The van der Waals surface area contributed by atoms with Crippen molar-refractivity contribution < 1.29 is 17.9 Å². The van der Waals surface area contributed by atoms with Crippen LogP contribution in [0.4, 0.5) is 13.2 Å². The lowest BCUT2D eigenvalue weighted by molar-refractivity contribution is -0.174. The summed E-state index contributed by atoms with van der Waals surface area (Å²) in [6.07, 6.45) is -4.21. The van der Waals surface area contributed by atoms with Gasteiger partial charge in [-0.2, -0.15) is 13.2 Å². The fraction of sp³-hybridized carbons (Fsp3) is 1.00. The minimum absolute atomic E-state index is 0. The van der Waals surface area contributed by atoms with Gasteiger partial charge in [0, 0.05) is 25.7 Å². The van der Waals surface area contributed by atoms with Crippen LogP contribution in [-0.2, 0) is 4.74 Å². The lowest BCUT2D eigenvalue weighted by Crippen LogP contribution is -2.56. The lowest BCUT2D eigenvalue weighted by atomic mass is 10.1. The second-order valence-corrected chi connectivity index (χ2v) is 3.46. The predicted molar refractivity (Wildman–Crippen MR) is 53.4 cm³/mol. The molecule has 0 aliphatic carbocycles. The summed E-state index contributed by atoms with van der Waals surface area (Å²) in [5.41, 5.74) is 0. The Kier molecular flexibility index (Phi) is 6.51. The van der Waals surface area contributed by atoms with E-state index in [0.717, 1.165) is 13.1 Å². The second-order valence-electron chi connectivity index (χ2n) is 3.46. The van der Waals surface area contributed by atoms with E-state index in [0.29, 0.717) is 12.6 Å². The molecule has 0 amide bonds. The van der Waals surface area contributed by atoms with Crippen molar-refractivity contribution in [3.63, 3.8) is 0 Å². The van der Waals surface area contributed by atoms with Gasteiger partial charge in [0.15, 0.2) is 0 Å². The number of hydrogen-bond acceptors (Lipinski definition) is 3. The number of nitrogens with zero attached hydrogens (tertiary/aromatic N) is 1. The lowest BCUT2D eigenvalue weighted by Gasteiger charge is -2.35. The third-order valence-corrected chi connectivity index (χ3v) is 2.24. The Hall–Kier alpha value is -0.0400. The fourth-order valence-corrected chi connectivity index (χ4v) is 1.16. The molecular formula is C8H16ClF3N2O. The number of alkyl halides is 3. The molecule has 0 bridgehead atoms. The van der Waals surface area contributed by atoms with Crippen LogP contribution in [0, 0.1) is 0 Å². The van der Waals surface area contributed by atoms with E-state index >= 15 is 0 Å². The molecule has 0 radical (unpaired) electrons. The van der Waals surface area contributed by atoms with Gasteiger partial charge in [0.2, 0.25) is 0 Å². The van der Waals surface area contributed by atoms with Crippen molar-refractivity contribution in [1.29, 1.82) is 0 Å². The molecule has 1 aliphatic rings. The summed E-state index contributed by atoms with van der Waals surface area (Å²) < 4.78 is 39.5. The van der Waals surface area contributed by atoms with Gasteiger partial charge in [-0.05, 0) is 7.05 Å². The van der Waals surface area contributed by atoms with Crippen molar-refractivity contribution in [3.8, 4) is 0 Å². The summed E-state index contributed by atoms with van der Waals surface area (Å²) >= 11 is 0. The van der Waals surface area contributed by atoms with Crippen LogP contribution in [0.5, 0.6) is 0 Å². The van der Waals surface area contributed by atoms with Crippen molar-refractivity contribution in [1.82, 2.24) is 10.2 Å². The summed E-state index contributed by atoms with van der Waals surface area (Å²) in [6, 6.07) is 0.449. The Morgan fingerprint density at radius 2 is 2.00 bits per heavy atom. The normalized spacial score (nSPS) is 17.4. The van der Waals surface area contributed by atoms with E-state index in [1.807, 2.05) is 11.9 Å². The third-order valence-electron chi connectivity index (χ3n) is 2.24. The first kappa shape index (κ1) is 15.0. The molecule has 0 aromatic heterocycles. The van der Waals surface area contributed by atoms with Gasteiger partial charge in [-0.1, -0.05) is 0 Å². The number of halogens is 4. The van der Waals surface area contributed by atoms with Crippen LogP contribution >= 0.6 is 12.4 Å². The predicted octanol–water partition coefficient (Wildman–Crippen LogP) is 0.891. The highest BCUT2D eigenvalue weighted by atomic mass is 35.5. The van der Waals surface area contributed by atoms with Crippen LogP contribution < -0.4 is 5.32 Å². The molecule has 15 heavy (non-hydrogen) atoms. The largest absolute Gasteiger partial charge is 0.411 e. The van der Waals surface area contributed by atoms with E-state index in [1.54, 1.807) is 0 Å². The molecule has 1 aliphatic heterocycles. The van der Waals surface area contributed by atoms with Gasteiger partial charge >= 0.3 is 6.18 Å². The van der Waals surface area contributed by atoms with Crippen LogP contribution in [0.1, 0.15) is 0 Å². The molecule has 0 unspecified atom stereocenters. The Balaban J connectivity index is 0.00000196. The second kappa shape index (κ2) is 6.52. The molecule has 0 atom stereocenters. The maximum absolute atomic E-state index is 11.7. The smallest absolute Gasteiger partial charge is 0.371 e. The first-order valence-corrected chi connectivity index (χ1v) is 4.54. The number of rotatable bonds is 5. The van der Waals surface area contributed by atoms with Crippen LogP contribution in [0.3, 0.4) is 0 Å². The van der Waals surface area contributed by atoms with Crippen molar-refractivity contribution in [2.75, 3.05) is 39.9 Å². The number of nitrogens with one attached hydrogen (secondary N) is 1. The molecule has 3 nitrogen and oxygen atoms in total. The first-order valence-electron chi connectivity index (χ1n) is 4.54. The number of likely N-dealkylation sites (N-methyl/N-ethyl adjacent to an activating group) is 1. The number of hydrogen-bond donors (Lipinski definition) is 1. The molecular weight excluding hydrogens is 233 g/mol. The molecule has 0 aromatic rings. The monoisotopic (exact) mass is 248 g/mol. The zero-order chi connectivity index (χ0) is 10.6. The van der Waals surface area contributed by atoms with Gasteiger partial charge in [-0.15, -0.1) is 12.4 Å². The van der Waals surface area contributed by atoms with Crippen LogP contribution in [0.15, 0.2) is 0 Å². The van der Waals surface area contributed by atoms with Crippen molar-refractivity contribution in [2.45, 2.75) is 12.2 Å². The van der Waals surface area contributed by atoms with Crippen LogP contribution in [0.2, 0.25) is 0 Å². The molecule has 1 N–H and O–H groups in total. The van der Waals surface area contributed by atoms with Gasteiger partial charge in [0.05, 0.1) is 6.61 Å². The van der Waals surface area contributed by atoms with Crippen molar-refractivity contribution in [3.05, 3.63) is 0 Å². The van der Waals surface area contributed by atoms with E-state index in [9.17, 15) is 13.2 Å². The molecule has 1 rings (SSSR count). The fourth-order valence-electron chi connectivity index (χ4n) is 1.16. The van der Waals surface area contributed by atoms with E-state index < -0.39 is 12.8 Å². The molecule has 0 aromatic carbocycles. The highest BCUT2D eigenvalue weighted by Gasteiger charge is 2.27. The van der Waals surface area contributed by atoms with E-state index in [4.69, 9.17) is 0 Å². The quantitative estimate of drug-likeness (QED) is 0.732. The van der Waals surface area contributed by atoms with E-state index in [1.165, 1.54) is 0 Å². The van der Waals surface area contributed by atoms with Gasteiger partial charge in [0.25, 0.3) is 0 Å². The van der Waals surface area contributed by atoms with Crippen molar-refractivity contribution >= 4 is 12.4 Å². The Labute approximate surface area is 93.4 Å². The maximum atomic E-state index is 11.7. The molecule has 1 heterocycles. The highest BCUT2D eigenvalue weighted by Crippen LogP contribution is 2.14. The van der Waals surface area contributed by atoms with Crippen LogP contribution in [0.25, 0.3) is 0 Å². The molecule has 0 saturated carbocycles. The van der Waals surface area contributed by atoms with E-state index in [2.05, 4.69) is 10.1 Å². The number of ether oxygens (including phenoxy) is 1. The first-order chi connectivity index (χ1) is 6.49. The third kappa shape index (κ3) is 6.19. The average molecular weight is 249 g/mol. The van der Waals surface area contributed by atoms with Gasteiger partial charge < -0.3 is 10.1 Å². The summed E-state index contributed by atoms with van der Waals surface area (Å²) in [7, 11) is 1.89. The highest BCUT2D eigenvalue weighted by molar-refractivity contribution is 5.85. The SMILES string of the molecule is CN(CCOCC(F)(F)F)C1CNC1.Cl. The molecule has 0 spiro atoms. The molecule has 7 heteroatoms. The minimum Gasteiger partial charge on any atom is -0.371 e. The summed E-state index contributed by atoms with van der Waals surface area (Å²) in [5.74, 6) is 0.